The second-order valence-corrected chi connectivity index (χ2v) is 17.8. The monoisotopic (exact) mass is 800 g/mol. The van der Waals surface area contributed by atoms with Gasteiger partial charge >= 0.3 is 6.03 Å². The number of hydrogen-bond acceptors (Lipinski definition) is 11. The van der Waals surface area contributed by atoms with Gasteiger partial charge in [-0.15, -0.1) is 0 Å². The maximum atomic E-state index is 13.9. The summed E-state index contributed by atoms with van der Waals surface area (Å²) >= 11 is 6.62. The number of para-hydroxylation sites is 1. The maximum absolute atomic E-state index is 13.9. The number of sulfonamides is 1. The van der Waals surface area contributed by atoms with Crippen LogP contribution in [0.25, 0.3) is 11.1 Å². The fourth-order valence-corrected chi connectivity index (χ4v) is 9.42. The molecule has 1 spiro atoms. The van der Waals surface area contributed by atoms with Crippen LogP contribution in [0.15, 0.2) is 65.8 Å². The van der Waals surface area contributed by atoms with Crippen LogP contribution < -0.4 is 15.4 Å². The van der Waals surface area contributed by atoms with Gasteiger partial charge < -0.3 is 45.6 Å². The van der Waals surface area contributed by atoms with E-state index in [2.05, 4.69) is 15.6 Å². The lowest BCUT2D eigenvalue weighted by molar-refractivity contribution is -0.113. The Labute approximate surface area is 325 Å². The summed E-state index contributed by atoms with van der Waals surface area (Å²) in [5, 5.41) is 53.8. The van der Waals surface area contributed by atoms with Crippen LogP contribution in [-0.2, 0) is 27.0 Å². The maximum Gasteiger partial charge on any atom is 0.315 e. The predicted molar refractivity (Wildman–Crippen MR) is 202 cm³/mol. The highest BCUT2D eigenvalue weighted by molar-refractivity contribution is 7.89. The average Bonchev–Trinajstić information content (AvgIpc) is 4.13. The highest BCUT2D eigenvalue weighted by atomic mass is 35.5. The number of aromatic nitrogens is 1. The molecule has 7 N–H and O–H groups in total. The van der Waals surface area contributed by atoms with Crippen molar-refractivity contribution < 1.29 is 48.2 Å². The van der Waals surface area contributed by atoms with Crippen LogP contribution in [0.5, 0.6) is 5.75 Å². The molecule has 4 atom stereocenters. The lowest BCUT2D eigenvalue weighted by Crippen LogP contribution is -2.57. The number of aliphatic hydroxyl groups excluding tert-OH is 5. The molecule has 55 heavy (non-hydrogen) atoms. The Morgan fingerprint density at radius 3 is 2.36 bits per heavy atom. The molecule has 0 bridgehead atoms. The Bertz CT molecular complexity index is 1950. The first-order chi connectivity index (χ1) is 26.3. The third kappa shape index (κ3) is 8.80. The van der Waals surface area contributed by atoms with Crippen LogP contribution in [0.4, 0.5) is 4.79 Å². The molecule has 0 radical (unpaired) electrons. The van der Waals surface area contributed by atoms with Crippen molar-refractivity contribution in [3.05, 3.63) is 77.1 Å². The fourth-order valence-electron chi connectivity index (χ4n) is 7.76. The van der Waals surface area contributed by atoms with E-state index < -0.39 is 52.7 Å². The zero-order valence-electron chi connectivity index (χ0n) is 30.4. The smallest absolute Gasteiger partial charge is 0.315 e. The SMILES string of the molecule is O=C(NC[C@H](O)[C@@H](O)[C@H](O)[C@H](O)CO)NC1CC2(CCN(S(=O)(=O)c3ccc(Cl)c(COC4(c5cnccc5-c5ccccc5OC5CC5)CC4)c3)CC2)C1. The molecule has 3 aliphatic carbocycles. The lowest BCUT2D eigenvalue weighted by Gasteiger charge is -2.52. The van der Waals surface area contributed by atoms with E-state index in [1.54, 1.807) is 18.3 Å². The number of benzene rings is 2. The molecular weight excluding hydrogens is 752 g/mol. The number of ether oxygens (including phenoxy) is 2. The van der Waals surface area contributed by atoms with E-state index in [0.717, 1.165) is 48.1 Å². The van der Waals surface area contributed by atoms with Gasteiger partial charge in [0.25, 0.3) is 0 Å². The van der Waals surface area contributed by atoms with Gasteiger partial charge in [0.2, 0.25) is 10.0 Å². The van der Waals surface area contributed by atoms with Gasteiger partial charge in [-0.1, -0.05) is 29.8 Å². The molecule has 14 nitrogen and oxygen atoms in total. The highest BCUT2D eigenvalue weighted by Gasteiger charge is 2.49. The van der Waals surface area contributed by atoms with Gasteiger partial charge in [0.15, 0.2) is 0 Å². The molecule has 1 saturated heterocycles. The normalized spacial score (nSPS) is 21.6. The molecule has 4 fully saturated rings. The van der Waals surface area contributed by atoms with Crippen molar-refractivity contribution in [2.24, 2.45) is 5.41 Å². The van der Waals surface area contributed by atoms with Crippen molar-refractivity contribution in [3.8, 4) is 16.9 Å². The zero-order chi connectivity index (χ0) is 39.0. The third-order valence-corrected chi connectivity index (χ3v) is 13.7. The third-order valence-electron chi connectivity index (χ3n) is 11.4. The predicted octanol–water partition coefficient (Wildman–Crippen LogP) is 2.82. The number of aliphatic hydroxyl groups is 5. The second-order valence-electron chi connectivity index (χ2n) is 15.4. The number of piperidine rings is 1. The summed E-state index contributed by atoms with van der Waals surface area (Å²) in [5.41, 5.74) is 2.85. The largest absolute Gasteiger partial charge is 0.490 e. The number of nitrogens with zero attached hydrogens (tertiary/aromatic N) is 2. The Balaban J connectivity index is 0.923. The molecule has 16 heteroatoms. The van der Waals surface area contributed by atoms with E-state index in [1.165, 1.54) is 10.4 Å². The summed E-state index contributed by atoms with van der Waals surface area (Å²) in [4.78, 5) is 17.0. The quantitative estimate of drug-likeness (QED) is 0.112. The van der Waals surface area contributed by atoms with Crippen LogP contribution in [-0.4, -0.2) is 112 Å². The van der Waals surface area contributed by atoms with Crippen LogP contribution in [0.1, 0.15) is 62.5 Å². The number of rotatable bonds is 16. The molecule has 4 aliphatic rings. The van der Waals surface area contributed by atoms with Crippen molar-refractivity contribution in [1.82, 2.24) is 19.9 Å². The topological polar surface area (TPSA) is 211 Å². The molecular formula is C39H49ClN4O10S. The van der Waals surface area contributed by atoms with Crippen LogP contribution >= 0.6 is 11.6 Å². The van der Waals surface area contributed by atoms with Gasteiger partial charge in [-0.2, -0.15) is 4.31 Å². The standard InChI is InChI=1S/C39H49ClN4O10S/c40-31-8-7-27(17-24(31)23-53-39(10-11-39)30-20-41-14-9-28(30)29-3-1-2-4-34(29)54-26-5-6-26)55(51,52)44-15-12-38(13-16-44)18-25(19-38)43-37(50)42-21-32(46)35(48)36(49)33(47)22-45/h1-4,7-9,14,17,20,25-26,32-33,35-36,45-49H,5-6,10-13,15-16,18-19,21-23H2,(H2,42,43,50)/t32-,33+,35+,36+/m0/s1. The van der Waals surface area contributed by atoms with E-state index in [0.29, 0.717) is 49.4 Å². The first-order valence-electron chi connectivity index (χ1n) is 18.8. The van der Waals surface area contributed by atoms with Gasteiger partial charge in [-0.05, 0) is 98.2 Å². The van der Waals surface area contributed by atoms with Gasteiger partial charge in [-0.3, -0.25) is 4.98 Å². The summed E-state index contributed by atoms with van der Waals surface area (Å²) in [6, 6.07) is 14.0. The van der Waals surface area contributed by atoms with Crippen molar-refractivity contribution in [3.63, 3.8) is 0 Å². The van der Waals surface area contributed by atoms with Crippen molar-refractivity contribution >= 4 is 27.7 Å². The molecule has 2 heterocycles. The number of pyridine rings is 1. The van der Waals surface area contributed by atoms with Gasteiger partial charge in [0.1, 0.15) is 24.1 Å². The number of hydrogen-bond donors (Lipinski definition) is 7. The van der Waals surface area contributed by atoms with Gasteiger partial charge in [0, 0.05) is 54.2 Å². The number of nitrogens with one attached hydrogen (secondary N) is 2. The lowest BCUT2D eigenvalue weighted by atomic mass is 9.60. The summed E-state index contributed by atoms with van der Waals surface area (Å²) in [6.45, 7) is -0.396. The van der Waals surface area contributed by atoms with Crippen LogP contribution in [0, 0.1) is 5.41 Å². The van der Waals surface area contributed by atoms with Crippen molar-refractivity contribution in [2.75, 3.05) is 26.2 Å². The number of urea groups is 1. The van der Waals surface area contributed by atoms with Crippen molar-refractivity contribution in [1.29, 1.82) is 0 Å². The average molecular weight is 801 g/mol. The van der Waals surface area contributed by atoms with Crippen LogP contribution in [0.3, 0.4) is 0 Å². The summed E-state index contributed by atoms with van der Waals surface area (Å²) < 4.78 is 42.1. The molecule has 3 aromatic rings. The summed E-state index contributed by atoms with van der Waals surface area (Å²) in [6.07, 6.45) is 3.40. The van der Waals surface area contributed by atoms with Gasteiger partial charge in [-0.25, -0.2) is 13.2 Å². The molecule has 2 aromatic carbocycles. The molecule has 1 aliphatic heterocycles. The van der Waals surface area contributed by atoms with E-state index in [9.17, 15) is 33.6 Å². The first kappa shape index (κ1) is 39.8. The molecule has 298 valence electrons. The summed E-state index contributed by atoms with van der Waals surface area (Å²) in [5.74, 6) is 0.835. The minimum Gasteiger partial charge on any atom is -0.490 e. The van der Waals surface area contributed by atoms with Crippen LogP contribution in [0.2, 0.25) is 5.02 Å². The number of carbonyl (C=O) groups excluding carboxylic acids is 1. The van der Waals surface area contributed by atoms with Crippen molar-refractivity contribution in [2.45, 2.75) is 105 Å². The fraction of sp³-hybridized carbons (Fsp3) is 0.538. The molecule has 0 unspecified atom stereocenters. The second kappa shape index (κ2) is 16.2. The number of amides is 2. The van der Waals surface area contributed by atoms with Gasteiger partial charge in [0.05, 0.1) is 35.9 Å². The minimum absolute atomic E-state index is 0.0997. The molecule has 7 rings (SSSR count). The Kier molecular flexibility index (Phi) is 11.8. The highest BCUT2D eigenvalue weighted by Crippen LogP contribution is 2.54. The Morgan fingerprint density at radius 1 is 0.964 bits per heavy atom. The Morgan fingerprint density at radius 2 is 1.67 bits per heavy atom. The molecule has 1 aromatic heterocycles. The number of halogens is 1. The van der Waals surface area contributed by atoms with E-state index in [1.807, 2.05) is 36.5 Å². The Hall–Kier alpha value is -3.38. The zero-order valence-corrected chi connectivity index (χ0v) is 32.0. The minimum atomic E-state index is -3.82. The van der Waals surface area contributed by atoms with E-state index in [-0.39, 0.29) is 35.6 Å². The first-order valence-corrected chi connectivity index (χ1v) is 20.7. The number of carbonyl (C=O) groups is 1. The van der Waals surface area contributed by atoms with E-state index >= 15 is 0 Å². The molecule has 2 amide bonds. The summed E-state index contributed by atoms with van der Waals surface area (Å²) in [7, 11) is -3.82. The molecule has 3 saturated carbocycles. The van der Waals surface area contributed by atoms with E-state index in [4.69, 9.17) is 26.2 Å².